The summed E-state index contributed by atoms with van der Waals surface area (Å²) >= 11 is 6.13. The molecule has 16 heavy (non-hydrogen) atoms. The van der Waals surface area contributed by atoms with Crippen LogP contribution in [0.25, 0.3) is 0 Å². The van der Waals surface area contributed by atoms with Crippen LogP contribution in [-0.4, -0.2) is 30.0 Å². The van der Waals surface area contributed by atoms with Crippen molar-refractivity contribution < 1.29 is 9.53 Å². The van der Waals surface area contributed by atoms with Crippen molar-refractivity contribution >= 4 is 17.5 Å². The van der Waals surface area contributed by atoms with E-state index >= 15 is 0 Å². The first kappa shape index (κ1) is 12.2. The first-order chi connectivity index (χ1) is 7.65. The molecule has 4 heteroatoms. The Morgan fingerprint density at radius 3 is 2.62 bits per heavy atom. The summed E-state index contributed by atoms with van der Waals surface area (Å²) in [5, 5.41) is 3.15. The molecule has 0 radical (unpaired) electrons. The Morgan fingerprint density at radius 1 is 1.44 bits per heavy atom. The zero-order valence-electron chi connectivity index (χ0n) is 9.80. The monoisotopic (exact) mass is 245 g/mol. The van der Waals surface area contributed by atoms with Gasteiger partial charge in [-0.2, -0.15) is 0 Å². The van der Waals surface area contributed by atoms with E-state index in [4.69, 9.17) is 16.3 Å². The number of carbonyl (C=O) groups is 1. The van der Waals surface area contributed by atoms with Crippen molar-refractivity contribution in [2.24, 2.45) is 0 Å². The average molecular weight is 246 g/mol. The molecular weight excluding hydrogens is 226 g/mol. The number of rotatable bonds is 4. The Kier molecular flexibility index (Phi) is 3.75. The van der Waals surface area contributed by atoms with Crippen LogP contribution in [0.1, 0.15) is 44.9 Å². The van der Waals surface area contributed by atoms with Crippen LogP contribution in [0.4, 0.5) is 0 Å². The number of amides is 1. The maximum Gasteiger partial charge on any atom is 0.223 e. The number of hydrogen-bond donors (Lipinski definition) is 1. The van der Waals surface area contributed by atoms with Gasteiger partial charge in [-0.05, 0) is 38.5 Å². The molecule has 0 aromatic carbocycles. The summed E-state index contributed by atoms with van der Waals surface area (Å²) in [6.45, 7) is 0. The van der Waals surface area contributed by atoms with Crippen molar-refractivity contribution in [2.45, 2.75) is 62.0 Å². The van der Waals surface area contributed by atoms with Gasteiger partial charge in [0.15, 0.2) is 0 Å². The minimum atomic E-state index is -0.176. The molecule has 0 saturated heterocycles. The lowest BCUT2D eigenvalue weighted by molar-refractivity contribution is -0.134. The van der Waals surface area contributed by atoms with E-state index in [1.807, 2.05) is 0 Å². The Labute approximate surface area is 102 Å². The lowest BCUT2D eigenvalue weighted by atomic mass is 9.77. The molecule has 0 aliphatic heterocycles. The first-order valence-corrected chi connectivity index (χ1v) is 6.57. The molecule has 0 heterocycles. The number of alkyl halides is 1. The van der Waals surface area contributed by atoms with E-state index in [2.05, 4.69) is 5.32 Å². The third-order valence-corrected chi connectivity index (χ3v) is 4.48. The van der Waals surface area contributed by atoms with Gasteiger partial charge in [-0.3, -0.25) is 4.79 Å². The van der Waals surface area contributed by atoms with E-state index < -0.39 is 0 Å². The van der Waals surface area contributed by atoms with Gasteiger partial charge in [0.2, 0.25) is 5.91 Å². The maximum absolute atomic E-state index is 11.9. The van der Waals surface area contributed by atoms with E-state index in [1.54, 1.807) is 7.11 Å². The standard InChI is InChI=1S/C12H20ClNO2/c1-16-12(6-3-7-12)8-11(15)14-10-5-2-4-9(10)13/h9-10H,2-8H2,1H3,(H,14,15). The third-order valence-electron chi connectivity index (χ3n) is 3.96. The third kappa shape index (κ3) is 2.51. The normalized spacial score (nSPS) is 32.1. The van der Waals surface area contributed by atoms with Gasteiger partial charge in [-0.15, -0.1) is 11.6 Å². The van der Waals surface area contributed by atoms with Crippen molar-refractivity contribution in [3.63, 3.8) is 0 Å². The van der Waals surface area contributed by atoms with E-state index in [0.29, 0.717) is 6.42 Å². The Bertz CT molecular complexity index is 260. The average Bonchev–Trinajstić information content (AvgIpc) is 2.58. The Hall–Kier alpha value is -0.280. The summed E-state index contributed by atoms with van der Waals surface area (Å²) < 4.78 is 5.44. The van der Waals surface area contributed by atoms with Gasteiger partial charge in [0.05, 0.1) is 17.4 Å². The highest BCUT2D eigenvalue weighted by Gasteiger charge is 2.39. The number of ether oxygens (including phenoxy) is 1. The topological polar surface area (TPSA) is 38.3 Å². The molecule has 1 amide bonds. The molecule has 0 aromatic heterocycles. The molecule has 0 aromatic rings. The molecule has 2 aliphatic rings. The van der Waals surface area contributed by atoms with Gasteiger partial charge in [0.25, 0.3) is 0 Å². The molecule has 1 N–H and O–H groups in total. The summed E-state index contributed by atoms with van der Waals surface area (Å²) in [6.07, 6.45) is 6.82. The highest BCUT2D eigenvalue weighted by Crippen LogP contribution is 2.38. The van der Waals surface area contributed by atoms with Crippen LogP contribution >= 0.6 is 11.6 Å². The van der Waals surface area contributed by atoms with Gasteiger partial charge in [-0.1, -0.05) is 0 Å². The fraction of sp³-hybridized carbons (Fsp3) is 0.917. The molecule has 2 aliphatic carbocycles. The predicted molar refractivity (Wildman–Crippen MR) is 63.6 cm³/mol. The van der Waals surface area contributed by atoms with Gasteiger partial charge in [0, 0.05) is 13.2 Å². The molecule has 2 atom stereocenters. The minimum absolute atomic E-state index is 0.0964. The lowest BCUT2D eigenvalue weighted by Gasteiger charge is -2.40. The van der Waals surface area contributed by atoms with Crippen LogP contribution in [0.3, 0.4) is 0 Å². The Morgan fingerprint density at radius 2 is 2.19 bits per heavy atom. The smallest absolute Gasteiger partial charge is 0.223 e. The van der Waals surface area contributed by atoms with Crippen LogP contribution in [0, 0.1) is 0 Å². The predicted octanol–water partition coefficient (Wildman–Crippen LogP) is 2.22. The van der Waals surface area contributed by atoms with E-state index in [9.17, 15) is 4.79 Å². The van der Waals surface area contributed by atoms with Crippen molar-refractivity contribution in [1.82, 2.24) is 5.32 Å². The molecule has 2 saturated carbocycles. The molecule has 2 fully saturated rings. The molecule has 2 unspecified atom stereocenters. The second kappa shape index (κ2) is 4.92. The van der Waals surface area contributed by atoms with Crippen molar-refractivity contribution in [3.8, 4) is 0 Å². The van der Waals surface area contributed by atoms with Gasteiger partial charge < -0.3 is 10.1 Å². The summed E-state index contributed by atoms with van der Waals surface area (Å²) in [7, 11) is 1.70. The molecule has 0 bridgehead atoms. The van der Waals surface area contributed by atoms with Crippen LogP contribution < -0.4 is 5.32 Å². The van der Waals surface area contributed by atoms with Crippen LogP contribution in [0.2, 0.25) is 0 Å². The second-order valence-electron chi connectivity index (χ2n) is 5.04. The van der Waals surface area contributed by atoms with Crippen LogP contribution in [-0.2, 0) is 9.53 Å². The molecule has 0 spiro atoms. The first-order valence-electron chi connectivity index (χ1n) is 6.14. The number of halogens is 1. The largest absolute Gasteiger partial charge is 0.378 e. The van der Waals surface area contributed by atoms with Crippen LogP contribution in [0.15, 0.2) is 0 Å². The fourth-order valence-corrected chi connectivity index (χ4v) is 3.00. The lowest BCUT2D eigenvalue weighted by Crippen LogP contribution is -2.46. The summed E-state index contributed by atoms with van der Waals surface area (Å²) in [5.41, 5.74) is -0.176. The van der Waals surface area contributed by atoms with E-state index in [0.717, 1.165) is 32.1 Å². The van der Waals surface area contributed by atoms with Crippen LogP contribution in [0.5, 0.6) is 0 Å². The van der Waals surface area contributed by atoms with E-state index in [-0.39, 0.29) is 22.9 Å². The fourth-order valence-electron chi connectivity index (χ4n) is 2.65. The highest BCUT2D eigenvalue weighted by molar-refractivity contribution is 6.21. The number of hydrogen-bond acceptors (Lipinski definition) is 2. The van der Waals surface area contributed by atoms with E-state index in [1.165, 1.54) is 6.42 Å². The zero-order chi connectivity index (χ0) is 11.6. The highest BCUT2D eigenvalue weighted by atomic mass is 35.5. The maximum atomic E-state index is 11.9. The molecule has 2 rings (SSSR count). The van der Waals surface area contributed by atoms with Crippen molar-refractivity contribution in [3.05, 3.63) is 0 Å². The summed E-state index contributed by atoms with van der Waals surface area (Å²) in [5.74, 6) is 0.0964. The second-order valence-corrected chi connectivity index (χ2v) is 5.60. The zero-order valence-corrected chi connectivity index (χ0v) is 10.6. The number of nitrogens with one attached hydrogen (secondary N) is 1. The van der Waals surface area contributed by atoms with Gasteiger partial charge in [0.1, 0.15) is 0 Å². The number of methoxy groups -OCH3 is 1. The van der Waals surface area contributed by atoms with Crippen molar-refractivity contribution in [1.29, 1.82) is 0 Å². The molecule has 3 nitrogen and oxygen atoms in total. The summed E-state index contributed by atoms with van der Waals surface area (Å²) in [4.78, 5) is 11.9. The van der Waals surface area contributed by atoms with Crippen molar-refractivity contribution in [2.75, 3.05) is 7.11 Å². The molecular formula is C12H20ClNO2. The minimum Gasteiger partial charge on any atom is -0.378 e. The van der Waals surface area contributed by atoms with Gasteiger partial charge >= 0.3 is 0 Å². The molecule has 92 valence electrons. The SMILES string of the molecule is COC1(CC(=O)NC2CCCC2Cl)CCC1. The summed E-state index contributed by atoms with van der Waals surface area (Å²) in [6, 6.07) is 0.170. The quantitative estimate of drug-likeness (QED) is 0.772. The number of carbonyl (C=O) groups excluding carboxylic acids is 1. The van der Waals surface area contributed by atoms with Gasteiger partial charge in [-0.25, -0.2) is 0 Å². The Balaban J connectivity index is 1.79.